The van der Waals surface area contributed by atoms with Gasteiger partial charge in [0, 0.05) is 24.3 Å². The van der Waals surface area contributed by atoms with Crippen LogP contribution in [0.4, 0.5) is 0 Å². The average molecular weight is 323 g/mol. The predicted molar refractivity (Wildman–Crippen MR) is 87.3 cm³/mol. The number of fused-ring (bicyclic) bond motifs is 1. The van der Waals surface area contributed by atoms with Crippen LogP contribution in [0.15, 0.2) is 4.79 Å². The van der Waals surface area contributed by atoms with E-state index in [0.717, 1.165) is 15.3 Å². The molecule has 0 saturated heterocycles. The Hall–Kier alpha value is -1.73. The minimum absolute atomic E-state index is 0.109. The van der Waals surface area contributed by atoms with E-state index in [1.165, 1.54) is 11.3 Å². The lowest BCUT2D eigenvalue weighted by atomic mass is 10.2. The molecule has 2 aromatic heterocycles. The topological polar surface area (TPSA) is 95.1 Å². The van der Waals surface area contributed by atoms with Crippen molar-refractivity contribution in [3.05, 3.63) is 26.6 Å². The van der Waals surface area contributed by atoms with Gasteiger partial charge in [0.25, 0.3) is 5.56 Å². The number of aryl methyl sites for hydroxylation is 3. The van der Waals surface area contributed by atoms with Crippen LogP contribution in [0.3, 0.4) is 0 Å². The highest BCUT2D eigenvalue weighted by Gasteiger charge is 2.12. The fraction of sp³-hybridized carbons (Fsp3) is 0.533. The summed E-state index contributed by atoms with van der Waals surface area (Å²) < 4.78 is 0. The second-order valence-electron chi connectivity index (χ2n) is 5.46. The van der Waals surface area contributed by atoms with Crippen LogP contribution in [0.5, 0.6) is 0 Å². The summed E-state index contributed by atoms with van der Waals surface area (Å²) in [6.07, 6.45) is 0.755. The molecule has 2 rings (SSSR count). The highest BCUT2D eigenvalue weighted by Crippen LogP contribution is 2.25. The van der Waals surface area contributed by atoms with E-state index in [2.05, 4.69) is 15.3 Å². The molecule has 0 bridgehead atoms. The Morgan fingerprint density at radius 1 is 1.45 bits per heavy atom. The van der Waals surface area contributed by atoms with Crippen LogP contribution in [0, 0.1) is 13.8 Å². The number of aromatic nitrogens is 2. The van der Waals surface area contributed by atoms with Crippen molar-refractivity contribution in [1.29, 1.82) is 0 Å². The third kappa shape index (κ3) is 3.92. The quantitative estimate of drug-likeness (QED) is 0.749. The first-order chi connectivity index (χ1) is 10.4. The first kappa shape index (κ1) is 16.6. The number of aromatic amines is 1. The minimum atomic E-state index is -0.425. The van der Waals surface area contributed by atoms with E-state index in [4.69, 9.17) is 5.11 Å². The molecule has 1 atom stereocenters. The third-order valence-corrected chi connectivity index (χ3v) is 4.66. The number of amides is 1. The molecule has 2 aromatic rings. The van der Waals surface area contributed by atoms with Gasteiger partial charge in [0.05, 0.1) is 11.5 Å². The molecule has 2 heterocycles. The van der Waals surface area contributed by atoms with E-state index in [1.54, 1.807) is 6.92 Å². The average Bonchev–Trinajstić information content (AvgIpc) is 2.71. The molecule has 6 nitrogen and oxygen atoms in total. The monoisotopic (exact) mass is 323 g/mol. The first-order valence-electron chi connectivity index (χ1n) is 7.32. The molecule has 0 fully saturated rings. The van der Waals surface area contributed by atoms with Gasteiger partial charge in [-0.3, -0.25) is 9.59 Å². The van der Waals surface area contributed by atoms with Crippen LogP contribution in [0.2, 0.25) is 0 Å². The number of nitrogens with one attached hydrogen (secondary N) is 2. The summed E-state index contributed by atoms with van der Waals surface area (Å²) >= 11 is 1.50. The summed E-state index contributed by atoms with van der Waals surface area (Å²) in [5, 5.41) is 12.5. The second kappa shape index (κ2) is 7.02. The number of nitrogens with zero attached hydrogens (tertiary/aromatic N) is 1. The SMILES string of the molecule is Cc1sc2nc(CCC(=O)NCCC(C)O)[nH]c(=O)c2c1C. The smallest absolute Gasteiger partial charge is 0.259 e. The largest absolute Gasteiger partial charge is 0.393 e. The number of H-pyrrole nitrogens is 1. The molecule has 1 amide bonds. The number of aliphatic hydroxyl groups excluding tert-OH is 1. The molecule has 1 unspecified atom stereocenters. The lowest BCUT2D eigenvalue weighted by Gasteiger charge is -2.06. The van der Waals surface area contributed by atoms with Gasteiger partial charge >= 0.3 is 0 Å². The normalized spacial score (nSPS) is 12.5. The fourth-order valence-electron chi connectivity index (χ4n) is 2.16. The van der Waals surface area contributed by atoms with E-state index < -0.39 is 6.10 Å². The molecule has 7 heteroatoms. The van der Waals surface area contributed by atoms with E-state index in [1.807, 2.05) is 13.8 Å². The van der Waals surface area contributed by atoms with Gasteiger partial charge in [-0.2, -0.15) is 0 Å². The summed E-state index contributed by atoms with van der Waals surface area (Å²) in [6, 6.07) is 0. The van der Waals surface area contributed by atoms with Gasteiger partial charge in [-0.1, -0.05) is 0 Å². The maximum Gasteiger partial charge on any atom is 0.259 e. The van der Waals surface area contributed by atoms with Crippen LogP contribution in [-0.4, -0.2) is 33.6 Å². The van der Waals surface area contributed by atoms with Gasteiger partial charge in [-0.25, -0.2) is 4.98 Å². The Balaban J connectivity index is 2.00. The van der Waals surface area contributed by atoms with Crippen LogP contribution >= 0.6 is 11.3 Å². The molecule has 0 aliphatic heterocycles. The Kier molecular flexibility index (Phi) is 5.31. The second-order valence-corrected chi connectivity index (χ2v) is 6.67. The minimum Gasteiger partial charge on any atom is -0.393 e. The molecule has 0 saturated carbocycles. The molecular weight excluding hydrogens is 302 g/mol. The Morgan fingerprint density at radius 3 is 2.86 bits per heavy atom. The van der Waals surface area contributed by atoms with Crippen molar-refractivity contribution in [2.75, 3.05) is 6.54 Å². The predicted octanol–water partition coefficient (Wildman–Crippen LogP) is 1.42. The van der Waals surface area contributed by atoms with E-state index in [0.29, 0.717) is 30.6 Å². The molecule has 120 valence electrons. The summed E-state index contributed by atoms with van der Waals surface area (Å²) in [5.74, 6) is 0.423. The summed E-state index contributed by atoms with van der Waals surface area (Å²) in [7, 11) is 0. The molecule has 0 aromatic carbocycles. The van der Waals surface area contributed by atoms with Crippen LogP contribution in [0.25, 0.3) is 10.2 Å². The Labute approximate surface area is 132 Å². The maximum atomic E-state index is 12.1. The van der Waals surface area contributed by atoms with Crippen molar-refractivity contribution in [2.45, 2.75) is 46.1 Å². The number of rotatable bonds is 6. The lowest BCUT2D eigenvalue weighted by Crippen LogP contribution is -2.27. The molecule has 0 spiro atoms. The highest BCUT2D eigenvalue weighted by molar-refractivity contribution is 7.18. The third-order valence-electron chi connectivity index (χ3n) is 3.56. The molecule has 0 aliphatic rings. The van der Waals surface area contributed by atoms with Gasteiger partial charge < -0.3 is 15.4 Å². The molecular formula is C15H21N3O3S. The lowest BCUT2D eigenvalue weighted by molar-refractivity contribution is -0.121. The molecule has 0 aliphatic carbocycles. The van der Waals surface area contributed by atoms with Gasteiger partial charge in [0.1, 0.15) is 10.7 Å². The van der Waals surface area contributed by atoms with E-state index in [-0.39, 0.29) is 17.9 Å². The zero-order valence-corrected chi connectivity index (χ0v) is 13.8. The molecule has 0 radical (unpaired) electrons. The van der Waals surface area contributed by atoms with Gasteiger partial charge in [-0.05, 0) is 32.8 Å². The van der Waals surface area contributed by atoms with E-state index >= 15 is 0 Å². The number of carbonyl (C=O) groups is 1. The van der Waals surface area contributed by atoms with Gasteiger partial charge in [0.2, 0.25) is 5.91 Å². The zero-order chi connectivity index (χ0) is 16.3. The fourth-order valence-corrected chi connectivity index (χ4v) is 3.21. The van der Waals surface area contributed by atoms with Crippen LogP contribution in [0.1, 0.15) is 36.0 Å². The van der Waals surface area contributed by atoms with E-state index in [9.17, 15) is 9.59 Å². The molecule has 22 heavy (non-hydrogen) atoms. The summed E-state index contributed by atoms with van der Waals surface area (Å²) in [4.78, 5) is 32.8. The van der Waals surface area contributed by atoms with Crippen LogP contribution < -0.4 is 10.9 Å². The number of hydrogen-bond donors (Lipinski definition) is 3. The number of hydrogen-bond acceptors (Lipinski definition) is 5. The van der Waals surface area contributed by atoms with Gasteiger partial charge in [0.15, 0.2) is 0 Å². The number of carbonyl (C=O) groups excluding carboxylic acids is 1. The van der Waals surface area contributed by atoms with Crippen molar-refractivity contribution in [3.63, 3.8) is 0 Å². The standard InChI is InChI=1S/C15H21N3O3S/c1-8(19)6-7-16-12(20)5-4-11-17-14(21)13-9(2)10(3)22-15(13)18-11/h8,19H,4-7H2,1-3H3,(H,16,20)(H,17,18,21). The summed E-state index contributed by atoms with van der Waals surface area (Å²) in [5.41, 5.74) is 0.826. The maximum absolute atomic E-state index is 12.1. The van der Waals surface area contributed by atoms with Gasteiger partial charge in [-0.15, -0.1) is 11.3 Å². The van der Waals surface area contributed by atoms with Crippen molar-refractivity contribution < 1.29 is 9.90 Å². The number of thiophene rings is 1. The number of aliphatic hydroxyl groups is 1. The highest BCUT2D eigenvalue weighted by atomic mass is 32.1. The van der Waals surface area contributed by atoms with Crippen molar-refractivity contribution in [3.8, 4) is 0 Å². The Bertz CT molecular complexity index is 733. The van der Waals surface area contributed by atoms with Crippen LogP contribution in [-0.2, 0) is 11.2 Å². The Morgan fingerprint density at radius 2 is 2.18 bits per heavy atom. The summed E-state index contributed by atoms with van der Waals surface area (Å²) in [6.45, 7) is 6.01. The van der Waals surface area contributed by atoms with Crippen molar-refractivity contribution in [1.82, 2.24) is 15.3 Å². The molecule has 3 N–H and O–H groups in total. The van der Waals surface area contributed by atoms with Crippen molar-refractivity contribution >= 4 is 27.5 Å². The zero-order valence-electron chi connectivity index (χ0n) is 13.0. The van der Waals surface area contributed by atoms with Crippen molar-refractivity contribution in [2.24, 2.45) is 0 Å². The first-order valence-corrected chi connectivity index (χ1v) is 8.13.